The maximum Gasteiger partial charge on any atom is 0.345 e. The van der Waals surface area contributed by atoms with Crippen molar-refractivity contribution in [1.82, 2.24) is 0 Å². The summed E-state index contributed by atoms with van der Waals surface area (Å²) in [6.07, 6.45) is 4.64. The first-order valence-corrected chi connectivity index (χ1v) is 6.62. The molecular formula is C14H26O4. The summed E-state index contributed by atoms with van der Waals surface area (Å²) in [4.78, 5) is 21.5. The third-order valence-electron chi connectivity index (χ3n) is 2.73. The minimum absolute atomic E-state index is 0.362. The van der Waals surface area contributed by atoms with Gasteiger partial charge >= 0.3 is 11.9 Å². The van der Waals surface area contributed by atoms with Crippen molar-refractivity contribution in [3.05, 3.63) is 0 Å². The van der Waals surface area contributed by atoms with Crippen molar-refractivity contribution in [1.29, 1.82) is 0 Å². The largest absolute Gasteiger partial charge is 0.479 e. The molecule has 0 aliphatic rings. The second-order valence-corrected chi connectivity index (χ2v) is 5.95. The lowest BCUT2D eigenvalue weighted by atomic mass is 9.89. The van der Waals surface area contributed by atoms with E-state index < -0.39 is 18.0 Å². The maximum absolute atomic E-state index is 10.8. The molecule has 1 atom stereocenters. The van der Waals surface area contributed by atoms with E-state index in [1.807, 2.05) is 0 Å². The number of aliphatic carboxylic acids is 1. The van der Waals surface area contributed by atoms with Gasteiger partial charge in [-0.05, 0) is 24.7 Å². The highest BCUT2D eigenvalue weighted by Gasteiger charge is 2.19. The van der Waals surface area contributed by atoms with Gasteiger partial charge in [-0.15, -0.1) is 0 Å². The fraction of sp³-hybridized carbons (Fsp3) is 0.857. The molecule has 1 unspecified atom stereocenters. The third kappa shape index (κ3) is 10.1. The fourth-order valence-corrected chi connectivity index (χ4v) is 1.77. The summed E-state index contributed by atoms with van der Waals surface area (Å²) >= 11 is 0. The number of carboxylic acid groups (broad SMARTS) is 1. The minimum atomic E-state index is -1.06. The monoisotopic (exact) mass is 258 g/mol. The van der Waals surface area contributed by atoms with E-state index in [-0.39, 0.29) is 0 Å². The molecular weight excluding hydrogens is 232 g/mol. The van der Waals surface area contributed by atoms with Crippen LogP contribution in [0.4, 0.5) is 0 Å². The number of ether oxygens (including phenoxy) is 1. The number of rotatable bonds is 8. The fourth-order valence-electron chi connectivity index (χ4n) is 1.77. The molecule has 0 bridgehead atoms. The molecule has 0 spiro atoms. The van der Waals surface area contributed by atoms with Gasteiger partial charge in [0, 0.05) is 6.92 Å². The van der Waals surface area contributed by atoms with Gasteiger partial charge in [-0.25, -0.2) is 4.79 Å². The van der Waals surface area contributed by atoms with Gasteiger partial charge in [0.25, 0.3) is 0 Å². The zero-order valence-electron chi connectivity index (χ0n) is 12.0. The van der Waals surface area contributed by atoms with Gasteiger partial charge in [-0.1, -0.05) is 40.0 Å². The molecule has 0 amide bonds. The first-order chi connectivity index (χ1) is 8.22. The summed E-state index contributed by atoms with van der Waals surface area (Å²) < 4.78 is 4.73. The van der Waals surface area contributed by atoms with Crippen LogP contribution in [0.1, 0.15) is 66.2 Å². The maximum atomic E-state index is 10.8. The molecule has 0 saturated carbocycles. The number of hydrogen-bond acceptors (Lipinski definition) is 3. The average Bonchev–Trinajstić information content (AvgIpc) is 2.18. The summed E-state index contributed by atoms with van der Waals surface area (Å²) in [7, 11) is 0. The van der Waals surface area contributed by atoms with Crippen molar-refractivity contribution in [3.63, 3.8) is 0 Å². The molecule has 0 aromatic carbocycles. The van der Waals surface area contributed by atoms with E-state index in [0.717, 1.165) is 25.7 Å². The Morgan fingerprint density at radius 1 is 1.11 bits per heavy atom. The lowest BCUT2D eigenvalue weighted by Gasteiger charge is -2.17. The number of hydrogen-bond donors (Lipinski definition) is 1. The lowest BCUT2D eigenvalue weighted by molar-refractivity contribution is -0.163. The van der Waals surface area contributed by atoms with Crippen LogP contribution in [0.5, 0.6) is 0 Å². The minimum Gasteiger partial charge on any atom is -0.479 e. The molecule has 0 fully saturated rings. The zero-order chi connectivity index (χ0) is 14.2. The Kier molecular flexibility index (Phi) is 7.64. The SMILES string of the molecule is CC(=O)OC(CCCCCCC(C)(C)C)C(=O)O. The molecule has 0 radical (unpaired) electrons. The molecule has 18 heavy (non-hydrogen) atoms. The summed E-state index contributed by atoms with van der Waals surface area (Å²) in [5.74, 6) is -1.59. The molecule has 1 N–H and O–H groups in total. The Labute approximate surface area is 110 Å². The highest BCUT2D eigenvalue weighted by atomic mass is 16.6. The third-order valence-corrected chi connectivity index (χ3v) is 2.73. The van der Waals surface area contributed by atoms with E-state index in [1.54, 1.807) is 0 Å². The molecule has 0 aromatic rings. The Morgan fingerprint density at radius 3 is 2.11 bits per heavy atom. The number of esters is 1. The average molecular weight is 258 g/mol. The van der Waals surface area contributed by atoms with Crippen LogP contribution in [0.2, 0.25) is 0 Å². The normalized spacial score (nSPS) is 13.1. The molecule has 0 aliphatic heterocycles. The second kappa shape index (κ2) is 8.11. The van der Waals surface area contributed by atoms with Crippen LogP contribution < -0.4 is 0 Å². The van der Waals surface area contributed by atoms with Gasteiger partial charge in [-0.2, -0.15) is 0 Å². The van der Waals surface area contributed by atoms with Crippen molar-refractivity contribution >= 4 is 11.9 Å². The number of unbranched alkanes of at least 4 members (excludes halogenated alkanes) is 3. The van der Waals surface area contributed by atoms with E-state index in [0.29, 0.717) is 11.8 Å². The van der Waals surface area contributed by atoms with E-state index in [9.17, 15) is 9.59 Å². The molecule has 106 valence electrons. The summed E-state index contributed by atoms with van der Waals surface area (Å²) in [6, 6.07) is 0. The van der Waals surface area contributed by atoms with E-state index in [2.05, 4.69) is 20.8 Å². The van der Waals surface area contributed by atoms with Crippen LogP contribution in [-0.2, 0) is 14.3 Å². The van der Waals surface area contributed by atoms with Gasteiger partial charge in [0.2, 0.25) is 0 Å². The zero-order valence-corrected chi connectivity index (χ0v) is 12.0. The molecule has 0 rings (SSSR count). The van der Waals surface area contributed by atoms with Crippen molar-refractivity contribution < 1.29 is 19.4 Å². The molecule has 0 aromatic heterocycles. The van der Waals surface area contributed by atoms with Gasteiger partial charge in [0.05, 0.1) is 0 Å². The van der Waals surface area contributed by atoms with Crippen LogP contribution in [0, 0.1) is 5.41 Å². The highest BCUT2D eigenvalue weighted by Crippen LogP contribution is 2.22. The predicted octanol–water partition coefficient (Wildman–Crippen LogP) is 3.39. The number of carbonyl (C=O) groups is 2. The molecule has 0 saturated heterocycles. The van der Waals surface area contributed by atoms with Crippen molar-refractivity contribution in [2.75, 3.05) is 0 Å². The van der Waals surface area contributed by atoms with Crippen LogP contribution in [-0.4, -0.2) is 23.1 Å². The molecule has 0 aliphatic carbocycles. The Bertz CT molecular complexity index is 265. The first kappa shape index (κ1) is 16.9. The Balaban J connectivity index is 3.68. The van der Waals surface area contributed by atoms with Crippen LogP contribution in [0.3, 0.4) is 0 Å². The van der Waals surface area contributed by atoms with Crippen LogP contribution in [0.25, 0.3) is 0 Å². The van der Waals surface area contributed by atoms with E-state index in [4.69, 9.17) is 9.84 Å². The van der Waals surface area contributed by atoms with Crippen molar-refractivity contribution in [3.8, 4) is 0 Å². The topological polar surface area (TPSA) is 63.6 Å². The number of carboxylic acids is 1. The molecule has 4 nitrogen and oxygen atoms in total. The number of carbonyl (C=O) groups excluding carboxylic acids is 1. The lowest BCUT2D eigenvalue weighted by Crippen LogP contribution is -2.25. The Morgan fingerprint density at radius 2 is 1.67 bits per heavy atom. The van der Waals surface area contributed by atoms with Crippen molar-refractivity contribution in [2.24, 2.45) is 5.41 Å². The van der Waals surface area contributed by atoms with Gasteiger partial charge in [0.1, 0.15) is 0 Å². The smallest absolute Gasteiger partial charge is 0.345 e. The highest BCUT2D eigenvalue weighted by molar-refractivity contribution is 5.76. The van der Waals surface area contributed by atoms with Gasteiger partial charge in [-0.3, -0.25) is 4.79 Å². The van der Waals surface area contributed by atoms with Crippen molar-refractivity contribution in [2.45, 2.75) is 72.3 Å². The van der Waals surface area contributed by atoms with E-state index in [1.165, 1.54) is 13.3 Å². The van der Waals surface area contributed by atoms with Gasteiger partial charge < -0.3 is 9.84 Å². The van der Waals surface area contributed by atoms with Gasteiger partial charge in [0.15, 0.2) is 6.10 Å². The van der Waals surface area contributed by atoms with Crippen LogP contribution in [0.15, 0.2) is 0 Å². The molecule has 0 heterocycles. The quantitative estimate of drug-likeness (QED) is 0.535. The van der Waals surface area contributed by atoms with Crippen LogP contribution >= 0.6 is 0 Å². The summed E-state index contributed by atoms with van der Waals surface area (Å²) in [6.45, 7) is 7.88. The second-order valence-electron chi connectivity index (χ2n) is 5.95. The predicted molar refractivity (Wildman–Crippen MR) is 70.3 cm³/mol. The summed E-state index contributed by atoms with van der Waals surface area (Å²) in [5.41, 5.74) is 0.362. The summed E-state index contributed by atoms with van der Waals surface area (Å²) in [5, 5.41) is 8.85. The Hall–Kier alpha value is -1.06. The van der Waals surface area contributed by atoms with E-state index >= 15 is 0 Å². The molecule has 4 heteroatoms. The first-order valence-electron chi connectivity index (χ1n) is 6.62. The standard InChI is InChI=1S/C14H26O4/c1-11(15)18-12(13(16)17)9-7-5-6-8-10-14(2,3)4/h12H,5-10H2,1-4H3,(H,16,17).